The Balaban J connectivity index is 2.35. The Morgan fingerprint density at radius 2 is 2.15 bits per heavy atom. The summed E-state index contributed by atoms with van der Waals surface area (Å²) in [6.07, 6.45) is 1.44. The van der Waals surface area contributed by atoms with E-state index in [0.29, 0.717) is 6.61 Å². The van der Waals surface area contributed by atoms with Crippen LogP contribution in [0.15, 0.2) is 9.89 Å². The molecule has 1 rings (SSSR count). The summed E-state index contributed by atoms with van der Waals surface area (Å²) in [7, 11) is -4.17. The van der Waals surface area contributed by atoms with Crippen LogP contribution < -0.4 is 0 Å². The van der Waals surface area contributed by atoms with Crippen LogP contribution in [-0.2, 0) is 13.8 Å². The van der Waals surface area contributed by atoms with Gasteiger partial charge in [-0.1, -0.05) is 0 Å². The lowest BCUT2D eigenvalue weighted by Gasteiger charge is -2.08. The predicted octanol–water partition coefficient (Wildman–Crippen LogP) is 1.82. The van der Waals surface area contributed by atoms with Crippen molar-refractivity contribution < 1.29 is 13.8 Å². The number of hydrogen-bond acceptors (Lipinski definition) is 5. The van der Waals surface area contributed by atoms with E-state index in [1.165, 1.54) is 0 Å². The molecule has 0 radical (unpaired) electrons. The Kier molecular flexibility index (Phi) is 3.65. The second-order valence-electron chi connectivity index (χ2n) is 2.58. The van der Waals surface area contributed by atoms with Crippen LogP contribution in [-0.4, -0.2) is 19.3 Å². The molecule has 1 aliphatic heterocycles. The summed E-state index contributed by atoms with van der Waals surface area (Å²) in [4.78, 5) is 23.9. The zero-order valence-electron chi connectivity index (χ0n) is 6.79. The molecular weight excluding hydrogens is 199 g/mol. The molecule has 7 nitrogen and oxygen atoms in total. The topological polar surface area (TPSA) is 94.4 Å². The third-order valence-electron chi connectivity index (χ3n) is 1.66. The van der Waals surface area contributed by atoms with Crippen LogP contribution >= 0.6 is 7.67 Å². The monoisotopic (exact) mass is 208 g/mol. The molecule has 0 spiro atoms. The largest absolute Gasteiger partial charge is 0.504 e. The number of rotatable bonds is 5. The van der Waals surface area contributed by atoms with Crippen molar-refractivity contribution in [3.63, 3.8) is 0 Å². The van der Waals surface area contributed by atoms with Crippen molar-refractivity contribution in [1.29, 1.82) is 0 Å². The van der Waals surface area contributed by atoms with E-state index in [1.54, 1.807) is 0 Å². The maximum atomic E-state index is 10.9. The molecule has 1 saturated heterocycles. The normalized spacial score (nSPS) is 22.9. The molecular formula is C5H9N2O5P. The third kappa shape index (κ3) is 2.95. The van der Waals surface area contributed by atoms with E-state index in [9.17, 15) is 14.4 Å². The van der Waals surface area contributed by atoms with Crippen LogP contribution in [0.1, 0.15) is 12.8 Å². The van der Waals surface area contributed by atoms with Gasteiger partial charge < -0.3 is 4.74 Å². The van der Waals surface area contributed by atoms with Gasteiger partial charge in [-0.15, -0.1) is 9.81 Å². The van der Waals surface area contributed by atoms with E-state index in [-0.39, 0.29) is 12.7 Å². The Hall–Kier alpha value is -0.650. The van der Waals surface area contributed by atoms with Crippen LogP contribution in [0.5, 0.6) is 0 Å². The summed E-state index contributed by atoms with van der Waals surface area (Å²) in [5.74, 6) is 0. The highest BCUT2D eigenvalue weighted by Crippen LogP contribution is 2.49. The van der Waals surface area contributed by atoms with E-state index < -0.39 is 7.67 Å². The predicted molar refractivity (Wildman–Crippen MR) is 44.1 cm³/mol. The molecule has 74 valence electrons. The lowest BCUT2D eigenvalue weighted by molar-refractivity contribution is 0.0688. The number of nitroso groups, excluding NO2 is 2. The van der Waals surface area contributed by atoms with E-state index in [1.807, 2.05) is 9.89 Å². The van der Waals surface area contributed by atoms with E-state index in [4.69, 9.17) is 4.74 Å². The third-order valence-corrected chi connectivity index (χ3v) is 2.56. The molecule has 0 bridgehead atoms. The highest BCUT2D eigenvalue weighted by molar-refractivity contribution is 7.55. The zero-order valence-corrected chi connectivity index (χ0v) is 7.68. The van der Waals surface area contributed by atoms with Gasteiger partial charge in [0.15, 0.2) is 0 Å². The second kappa shape index (κ2) is 4.55. The van der Waals surface area contributed by atoms with Gasteiger partial charge in [-0.25, -0.2) is 4.57 Å². The van der Waals surface area contributed by atoms with E-state index >= 15 is 0 Å². The Morgan fingerprint density at radius 1 is 1.46 bits per heavy atom. The van der Waals surface area contributed by atoms with E-state index in [0.717, 1.165) is 12.8 Å². The lowest BCUT2D eigenvalue weighted by atomic mass is 10.2. The molecule has 13 heavy (non-hydrogen) atoms. The van der Waals surface area contributed by atoms with Gasteiger partial charge >= 0.3 is 7.67 Å². The summed E-state index contributed by atoms with van der Waals surface area (Å²) in [6, 6.07) is 0. The Labute approximate surface area is 74.3 Å². The van der Waals surface area contributed by atoms with Crippen LogP contribution in [0.4, 0.5) is 0 Å². The number of nitrogens with zero attached hydrogens (tertiary/aromatic N) is 2. The molecule has 0 N–H and O–H groups in total. The van der Waals surface area contributed by atoms with Crippen molar-refractivity contribution in [2.45, 2.75) is 18.9 Å². The molecule has 1 heterocycles. The van der Waals surface area contributed by atoms with E-state index in [2.05, 4.69) is 4.52 Å². The highest BCUT2D eigenvalue weighted by atomic mass is 31.2. The molecule has 0 amide bonds. The fourth-order valence-electron chi connectivity index (χ4n) is 1.02. The molecule has 1 atom stereocenters. The summed E-state index contributed by atoms with van der Waals surface area (Å²) < 4.78 is 20.5. The first-order valence-electron chi connectivity index (χ1n) is 3.76. The van der Waals surface area contributed by atoms with Crippen molar-refractivity contribution in [2.24, 2.45) is 9.89 Å². The van der Waals surface area contributed by atoms with Gasteiger partial charge in [0.1, 0.15) is 0 Å². The standard InChI is InChI=1S/C5H9N2O5P/c8-6-13(10,7-9)12-4-5-2-1-3-11-5/h5H,1-4H2/t5-/m0/s1. The van der Waals surface area contributed by atoms with Gasteiger partial charge in [-0.3, -0.25) is 4.52 Å². The van der Waals surface area contributed by atoms with Crippen molar-refractivity contribution >= 4 is 7.67 Å². The molecule has 0 aromatic heterocycles. The molecule has 0 aromatic rings. The second-order valence-corrected chi connectivity index (χ2v) is 4.15. The fraction of sp³-hybridized carbons (Fsp3) is 1.00. The average Bonchev–Trinajstić information content (AvgIpc) is 2.67. The first kappa shape index (κ1) is 10.4. The van der Waals surface area contributed by atoms with Crippen LogP contribution in [0.25, 0.3) is 0 Å². The van der Waals surface area contributed by atoms with Crippen LogP contribution in [0, 0.1) is 9.81 Å². The first-order valence-corrected chi connectivity index (χ1v) is 5.29. The zero-order chi connectivity index (χ0) is 9.73. The number of ether oxygens (including phenoxy) is 1. The van der Waals surface area contributed by atoms with Gasteiger partial charge in [0.2, 0.25) is 0 Å². The highest BCUT2D eigenvalue weighted by Gasteiger charge is 2.28. The van der Waals surface area contributed by atoms with Crippen molar-refractivity contribution in [3.05, 3.63) is 9.81 Å². The molecule has 1 fully saturated rings. The van der Waals surface area contributed by atoms with Gasteiger partial charge in [0.05, 0.1) is 12.7 Å². The minimum atomic E-state index is -4.17. The fourth-order valence-corrected chi connectivity index (χ4v) is 1.50. The van der Waals surface area contributed by atoms with Gasteiger partial charge in [0.25, 0.3) is 0 Å². The molecule has 0 unspecified atom stereocenters. The maximum absolute atomic E-state index is 10.9. The summed E-state index contributed by atoms with van der Waals surface area (Å²) in [6.45, 7) is 0.538. The van der Waals surface area contributed by atoms with Crippen molar-refractivity contribution in [3.8, 4) is 0 Å². The van der Waals surface area contributed by atoms with Gasteiger partial charge in [-0.2, -0.15) is 0 Å². The molecule has 0 saturated carbocycles. The average molecular weight is 208 g/mol. The first-order chi connectivity index (χ1) is 6.20. The molecule has 1 aliphatic rings. The summed E-state index contributed by atoms with van der Waals surface area (Å²) in [5, 5.41) is 0. The molecule has 0 aliphatic carbocycles. The minimum absolute atomic E-state index is 0.0746. The smallest absolute Gasteiger partial charge is 0.376 e. The van der Waals surface area contributed by atoms with Gasteiger partial charge in [0, 0.05) is 16.5 Å². The Bertz CT molecular complexity index is 227. The lowest BCUT2D eigenvalue weighted by Crippen LogP contribution is -2.12. The molecule has 0 aromatic carbocycles. The van der Waals surface area contributed by atoms with Crippen LogP contribution in [0.3, 0.4) is 0 Å². The van der Waals surface area contributed by atoms with Crippen molar-refractivity contribution in [2.75, 3.05) is 13.2 Å². The maximum Gasteiger partial charge on any atom is 0.504 e. The SMILES string of the molecule is O=NP(=O)(N=O)OC[C@@H]1CCCO1. The summed E-state index contributed by atoms with van der Waals surface area (Å²) >= 11 is 0. The van der Waals surface area contributed by atoms with Gasteiger partial charge in [-0.05, 0) is 12.8 Å². The van der Waals surface area contributed by atoms with Crippen LogP contribution in [0.2, 0.25) is 0 Å². The minimum Gasteiger partial charge on any atom is -0.376 e. The van der Waals surface area contributed by atoms with Crippen molar-refractivity contribution in [1.82, 2.24) is 0 Å². The quantitative estimate of drug-likeness (QED) is 0.507. The summed E-state index contributed by atoms with van der Waals surface area (Å²) in [5.41, 5.74) is 0. The number of hydrogen-bond donors (Lipinski definition) is 0. The Morgan fingerprint density at radius 3 is 2.62 bits per heavy atom. The molecule has 8 heteroatoms.